The molecule has 7 nitrogen and oxygen atoms in total. The Labute approximate surface area is 242 Å². The number of nitrogens with one attached hydrogen (secondary N) is 1. The highest BCUT2D eigenvalue weighted by atomic mass is 16.5. The van der Waals surface area contributed by atoms with Gasteiger partial charge in [-0.15, -0.1) is 0 Å². The summed E-state index contributed by atoms with van der Waals surface area (Å²) in [5.41, 5.74) is 5.22. The molecule has 3 aliphatic carbocycles. The number of fused-ring (bicyclic) bond motifs is 5. The predicted octanol–water partition coefficient (Wildman–Crippen LogP) is 6.16. The monoisotopic (exact) mass is 555 g/mol. The van der Waals surface area contributed by atoms with Crippen molar-refractivity contribution in [1.82, 2.24) is 15.1 Å². The van der Waals surface area contributed by atoms with Crippen LogP contribution in [0.3, 0.4) is 0 Å². The fourth-order valence-corrected chi connectivity index (χ4v) is 7.20. The zero-order chi connectivity index (χ0) is 28.5. The minimum Gasteiger partial charge on any atom is -0.478 e. The van der Waals surface area contributed by atoms with Gasteiger partial charge in [0.25, 0.3) is 0 Å². The van der Waals surface area contributed by atoms with Gasteiger partial charge in [0.1, 0.15) is 0 Å². The topological polar surface area (TPSA) is 93.5 Å². The minimum atomic E-state index is -0.797. The van der Waals surface area contributed by atoms with Crippen LogP contribution in [0, 0.1) is 11.3 Å². The number of aromatic nitrogens is 2. The number of rotatable bonds is 5. The zero-order valence-electron chi connectivity index (χ0n) is 24.0. The van der Waals surface area contributed by atoms with Crippen LogP contribution in [-0.4, -0.2) is 39.9 Å². The average Bonchev–Trinajstić information content (AvgIpc) is 3.41. The van der Waals surface area contributed by atoms with Crippen molar-refractivity contribution in [1.29, 1.82) is 0 Å². The maximum absolute atomic E-state index is 12.6. The maximum atomic E-state index is 12.6. The molecule has 7 heteroatoms. The van der Waals surface area contributed by atoms with E-state index in [1.807, 2.05) is 42.2 Å². The zero-order valence-corrected chi connectivity index (χ0v) is 24.0. The fraction of sp³-hybridized carbons (Fsp3) is 0.500. The molecule has 1 amide bonds. The Bertz CT molecular complexity index is 1440. The van der Waals surface area contributed by atoms with Crippen molar-refractivity contribution in [2.75, 3.05) is 13.2 Å². The number of carboxylic acids is 1. The molecule has 2 bridgehead atoms. The summed E-state index contributed by atoms with van der Waals surface area (Å²) in [4.78, 5) is 23.3. The van der Waals surface area contributed by atoms with Gasteiger partial charge in [0.05, 0.1) is 23.9 Å². The van der Waals surface area contributed by atoms with Crippen LogP contribution in [0.4, 0.5) is 0 Å². The highest BCUT2D eigenvalue weighted by Crippen LogP contribution is 2.53. The van der Waals surface area contributed by atoms with Gasteiger partial charge < -0.3 is 15.2 Å². The third-order valence-corrected chi connectivity index (χ3v) is 9.98. The van der Waals surface area contributed by atoms with Crippen molar-refractivity contribution in [3.8, 4) is 0 Å². The SMILES string of the molecule is Cn1ncc2cc(C34CCC(CNC(=O)C5CCCCC5)(CC3)CO4)ccc21.O=C(O)C1=Cc2ccccc2CC1. The van der Waals surface area contributed by atoms with Crippen LogP contribution in [-0.2, 0) is 33.4 Å². The number of carbonyl (C=O) groups is 2. The molecule has 0 spiro atoms. The fourth-order valence-electron chi connectivity index (χ4n) is 7.20. The number of carbonyl (C=O) groups excluding carboxylic acids is 1. The molecule has 2 saturated heterocycles. The molecule has 3 heterocycles. The number of hydrogen-bond donors (Lipinski definition) is 2. The maximum Gasteiger partial charge on any atom is 0.331 e. The van der Waals surface area contributed by atoms with Crippen LogP contribution >= 0.6 is 0 Å². The molecule has 0 radical (unpaired) electrons. The molecule has 2 saturated carbocycles. The first-order chi connectivity index (χ1) is 19.9. The molecule has 2 aromatic carbocycles. The molecule has 8 rings (SSSR count). The normalized spacial score (nSPS) is 25.5. The van der Waals surface area contributed by atoms with Crippen LogP contribution in [0.5, 0.6) is 0 Å². The standard InChI is InChI=1S/C23H31N3O2.C11H10O2/c1-26-20-8-7-19(13-18(20)14-25-26)23-11-9-22(10-12-23,16-28-23)15-24-21(27)17-5-3-2-4-6-17;12-11(13)10-6-5-8-3-1-2-4-9(8)7-10/h7-8,13-14,17H,2-6,9-12,15-16H2,1H3,(H,24,27);1-4,7H,5-6H2,(H,12,13). The number of aryl methyl sites for hydroxylation is 2. The van der Waals surface area contributed by atoms with Crippen molar-refractivity contribution in [2.24, 2.45) is 18.4 Å². The van der Waals surface area contributed by atoms with E-state index in [-0.39, 0.29) is 22.8 Å². The molecule has 2 aliphatic heterocycles. The quantitative estimate of drug-likeness (QED) is 0.394. The van der Waals surface area contributed by atoms with Gasteiger partial charge >= 0.3 is 5.97 Å². The van der Waals surface area contributed by atoms with Crippen molar-refractivity contribution in [3.63, 3.8) is 0 Å². The first-order valence-corrected chi connectivity index (χ1v) is 15.2. The molecule has 0 atom stereocenters. The lowest BCUT2D eigenvalue weighted by Gasteiger charge is -2.53. The number of hydrogen-bond acceptors (Lipinski definition) is 4. The lowest BCUT2D eigenvalue weighted by atomic mass is 9.64. The Morgan fingerprint density at radius 2 is 1.83 bits per heavy atom. The van der Waals surface area contributed by atoms with Gasteiger partial charge in [-0.2, -0.15) is 5.10 Å². The molecular formula is C34H41N3O4. The predicted molar refractivity (Wildman–Crippen MR) is 159 cm³/mol. The second-order valence-electron chi connectivity index (χ2n) is 12.6. The lowest BCUT2D eigenvalue weighted by molar-refractivity contribution is -0.188. The molecular weight excluding hydrogens is 514 g/mol. The molecule has 41 heavy (non-hydrogen) atoms. The summed E-state index contributed by atoms with van der Waals surface area (Å²) in [5.74, 6) is -0.281. The van der Waals surface area contributed by atoms with E-state index < -0.39 is 5.97 Å². The summed E-state index contributed by atoms with van der Waals surface area (Å²) in [6, 6.07) is 14.6. The molecule has 0 unspecified atom stereocenters. The average molecular weight is 556 g/mol. The summed E-state index contributed by atoms with van der Waals surface area (Å²) in [6.07, 6.45) is 15.3. The van der Waals surface area contributed by atoms with Gasteiger partial charge in [-0.05, 0) is 86.3 Å². The second kappa shape index (κ2) is 11.4. The van der Waals surface area contributed by atoms with Crippen molar-refractivity contribution in [3.05, 3.63) is 70.9 Å². The van der Waals surface area contributed by atoms with Crippen LogP contribution in [0.15, 0.2) is 54.2 Å². The first-order valence-electron chi connectivity index (χ1n) is 15.2. The van der Waals surface area contributed by atoms with E-state index in [0.717, 1.165) is 69.2 Å². The van der Waals surface area contributed by atoms with Crippen LogP contribution in [0.1, 0.15) is 80.9 Å². The van der Waals surface area contributed by atoms with Gasteiger partial charge in [-0.25, -0.2) is 4.79 Å². The summed E-state index contributed by atoms with van der Waals surface area (Å²) in [5, 5.41) is 17.6. The van der Waals surface area contributed by atoms with Gasteiger partial charge in [0.15, 0.2) is 0 Å². The van der Waals surface area contributed by atoms with Crippen molar-refractivity contribution in [2.45, 2.75) is 76.2 Å². The van der Waals surface area contributed by atoms with E-state index in [1.54, 1.807) is 6.08 Å². The van der Waals surface area contributed by atoms with E-state index in [9.17, 15) is 9.59 Å². The van der Waals surface area contributed by atoms with Gasteiger partial charge in [0, 0.05) is 35.9 Å². The number of nitrogens with zero attached hydrogens (tertiary/aromatic N) is 2. The van der Waals surface area contributed by atoms with Gasteiger partial charge in [-0.1, -0.05) is 49.6 Å². The molecule has 4 fully saturated rings. The van der Waals surface area contributed by atoms with Crippen LogP contribution in [0.2, 0.25) is 0 Å². The Hall–Kier alpha value is -3.45. The largest absolute Gasteiger partial charge is 0.478 e. The number of ether oxygens (including phenoxy) is 1. The van der Waals surface area contributed by atoms with E-state index in [1.165, 1.54) is 35.8 Å². The summed E-state index contributed by atoms with van der Waals surface area (Å²) >= 11 is 0. The highest BCUT2D eigenvalue weighted by molar-refractivity contribution is 5.93. The Kier molecular flexibility index (Phi) is 7.73. The third kappa shape index (κ3) is 5.69. The van der Waals surface area contributed by atoms with Gasteiger partial charge in [-0.3, -0.25) is 9.48 Å². The molecule has 5 aliphatic rings. The Morgan fingerprint density at radius 1 is 1.05 bits per heavy atom. The molecule has 3 aromatic rings. The van der Waals surface area contributed by atoms with E-state index in [4.69, 9.17) is 9.84 Å². The molecule has 1 aromatic heterocycles. The number of amides is 1. The van der Waals surface area contributed by atoms with Crippen LogP contribution < -0.4 is 5.32 Å². The Balaban J connectivity index is 0.000000195. The van der Waals surface area contributed by atoms with Gasteiger partial charge in [0.2, 0.25) is 5.91 Å². The van der Waals surface area contributed by atoms with E-state index in [2.05, 4.69) is 28.6 Å². The molecule has 2 N–H and O–H groups in total. The van der Waals surface area contributed by atoms with E-state index in [0.29, 0.717) is 12.0 Å². The summed E-state index contributed by atoms with van der Waals surface area (Å²) in [7, 11) is 1.98. The third-order valence-electron chi connectivity index (χ3n) is 9.98. The van der Waals surface area contributed by atoms with Crippen LogP contribution in [0.25, 0.3) is 17.0 Å². The Morgan fingerprint density at radius 3 is 2.56 bits per heavy atom. The minimum absolute atomic E-state index is 0.129. The lowest BCUT2D eigenvalue weighted by Crippen LogP contribution is -2.54. The highest BCUT2D eigenvalue weighted by Gasteiger charge is 2.50. The molecule has 216 valence electrons. The first kappa shape index (κ1) is 27.7. The summed E-state index contributed by atoms with van der Waals surface area (Å²) < 4.78 is 8.42. The summed E-state index contributed by atoms with van der Waals surface area (Å²) in [6.45, 7) is 1.53. The second-order valence-corrected chi connectivity index (χ2v) is 12.6. The number of aliphatic carboxylic acids is 1. The number of carboxylic acid groups (broad SMARTS) is 1. The smallest absolute Gasteiger partial charge is 0.331 e. The van der Waals surface area contributed by atoms with Crippen molar-refractivity contribution < 1.29 is 19.4 Å². The van der Waals surface area contributed by atoms with Crippen molar-refractivity contribution >= 4 is 28.9 Å². The number of benzene rings is 2. The van der Waals surface area contributed by atoms with E-state index >= 15 is 0 Å².